The van der Waals surface area contributed by atoms with Crippen molar-refractivity contribution in [3.63, 3.8) is 0 Å². The summed E-state index contributed by atoms with van der Waals surface area (Å²) in [6.07, 6.45) is 0.630. The first-order valence-corrected chi connectivity index (χ1v) is 6.87. The summed E-state index contributed by atoms with van der Waals surface area (Å²) in [6, 6.07) is 12.5. The van der Waals surface area contributed by atoms with Gasteiger partial charge in [0.1, 0.15) is 17.7 Å². The fourth-order valence-corrected chi connectivity index (χ4v) is 2.88. The summed E-state index contributed by atoms with van der Waals surface area (Å²) in [6.45, 7) is 0.591. The van der Waals surface area contributed by atoms with Crippen LogP contribution in [-0.4, -0.2) is 15.9 Å². The summed E-state index contributed by atoms with van der Waals surface area (Å²) in [7, 11) is 0. The first-order valence-electron chi connectivity index (χ1n) is 6.87. The lowest BCUT2D eigenvalue weighted by Crippen LogP contribution is -2.21. The number of halogens is 1. The maximum atomic E-state index is 13.2. The van der Waals surface area contributed by atoms with Crippen LogP contribution in [0.25, 0.3) is 10.9 Å². The molecule has 0 bridgehead atoms. The van der Waals surface area contributed by atoms with Crippen LogP contribution in [0.5, 0.6) is 5.75 Å². The molecule has 1 aliphatic rings. The average molecular weight is 283 g/mol. The molecule has 0 amide bonds. The van der Waals surface area contributed by atoms with Gasteiger partial charge in [-0.2, -0.15) is 5.10 Å². The molecule has 0 aliphatic carbocycles. The molecule has 0 fully saturated rings. The lowest BCUT2D eigenvalue weighted by Gasteiger charge is -2.11. The molecule has 21 heavy (non-hydrogen) atoms. The molecule has 3 aromatic rings. The SMILES string of the molecule is Nc1nn(CC2Cc3cc(F)ccc3O2)c2ccccc12. The van der Waals surface area contributed by atoms with Crippen LogP contribution in [0.4, 0.5) is 10.2 Å². The molecule has 2 aromatic carbocycles. The van der Waals surface area contributed by atoms with Gasteiger partial charge in [-0.25, -0.2) is 4.39 Å². The number of rotatable bonds is 2. The van der Waals surface area contributed by atoms with Crippen molar-refractivity contribution in [1.29, 1.82) is 0 Å². The predicted octanol–water partition coefficient (Wildman–Crippen LogP) is 2.76. The minimum atomic E-state index is -0.230. The second-order valence-electron chi connectivity index (χ2n) is 5.28. The molecule has 4 rings (SSSR count). The molecule has 2 heterocycles. The van der Waals surface area contributed by atoms with E-state index in [4.69, 9.17) is 10.5 Å². The topological polar surface area (TPSA) is 53.1 Å². The number of anilines is 1. The normalized spacial score (nSPS) is 16.9. The molecule has 5 heteroatoms. The molecule has 106 valence electrons. The van der Waals surface area contributed by atoms with E-state index < -0.39 is 0 Å². The number of nitrogens with zero attached hydrogens (tertiary/aromatic N) is 2. The molecule has 1 aromatic heterocycles. The van der Waals surface area contributed by atoms with Crippen molar-refractivity contribution in [3.05, 3.63) is 53.8 Å². The van der Waals surface area contributed by atoms with Gasteiger partial charge in [0.15, 0.2) is 5.82 Å². The van der Waals surface area contributed by atoms with E-state index in [9.17, 15) is 4.39 Å². The Morgan fingerprint density at radius 2 is 2.14 bits per heavy atom. The lowest BCUT2D eigenvalue weighted by atomic mass is 10.1. The van der Waals surface area contributed by atoms with E-state index >= 15 is 0 Å². The Hall–Kier alpha value is -2.56. The summed E-state index contributed by atoms with van der Waals surface area (Å²) >= 11 is 0. The molecule has 0 saturated carbocycles. The van der Waals surface area contributed by atoms with E-state index in [-0.39, 0.29) is 11.9 Å². The Balaban J connectivity index is 1.62. The van der Waals surface area contributed by atoms with Crippen LogP contribution in [0.2, 0.25) is 0 Å². The van der Waals surface area contributed by atoms with Gasteiger partial charge in [0.05, 0.1) is 12.1 Å². The number of para-hydroxylation sites is 1. The van der Waals surface area contributed by atoms with E-state index in [1.54, 1.807) is 6.07 Å². The first-order chi connectivity index (χ1) is 10.2. The number of nitrogen functional groups attached to an aromatic ring is 1. The second kappa shape index (κ2) is 4.48. The van der Waals surface area contributed by atoms with Crippen LogP contribution < -0.4 is 10.5 Å². The van der Waals surface area contributed by atoms with E-state index in [0.29, 0.717) is 18.8 Å². The van der Waals surface area contributed by atoms with Crippen LogP contribution in [0.1, 0.15) is 5.56 Å². The molecule has 0 radical (unpaired) electrons. The zero-order valence-corrected chi connectivity index (χ0v) is 11.3. The van der Waals surface area contributed by atoms with Gasteiger partial charge in [-0.1, -0.05) is 12.1 Å². The highest BCUT2D eigenvalue weighted by Gasteiger charge is 2.24. The Morgan fingerprint density at radius 1 is 1.29 bits per heavy atom. The second-order valence-corrected chi connectivity index (χ2v) is 5.28. The quantitative estimate of drug-likeness (QED) is 0.786. The van der Waals surface area contributed by atoms with Gasteiger partial charge < -0.3 is 10.5 Å². The van der Waals surface area contributed by atoms with Gasteiger partial charge >= 0.3 is 0 Å². The zero-order chi connectivity index (χ0) is 14.4. The van der Waals surface area contributed by atoms with Gasteiger partial charge in [-0.15, -0.1) is 0 Å². The van der Waals surface area contributed by atoms with Gasteiger partial charge in [0.25, 0.3) is 0 Å². The Kier molecular flexibility index (Phi) is 2.60. The number of hydrogen-bond donors (Lipinski definition) is 1. The van der Waals surface area contributed by atoms with Crippen LogP contribution in [0, 0.1) is 5.82 Å². The molecule has 0 spiro atoms. The first kappa shape index (κ1) is 12.2. The lowest BCUT2D eigenvalue weighted by molar-refractivity contribution is 0.205. The third-order valence-corrected chi connectivity index (χ3v) is 3.83. The predicted molar refractivity (Wildman–Crippen MR) is 78.7 cm³/mol. The fourth-order valence-electron chi connectivity index (χ4n) is 2.88. The summed E-state index contributed by atoms with van der Waals surface area (Å²) in [4.78, 5) is 0. The van der Waals surface area contributed by atoms with Crippen LogP contribution in [-0.2, 0) is 13.0 Å². The third-order valence-electron chi connectivity index (χ3n) is 3.83. The van der Waals surface area contributed by atoms with Crippen LogP contribution in [0.15, 0.2) is 42.5 Å². The summed E-state index contributed by atoms with van der Waals surface area (Å²) in [5.41, 5.74) is 7.83. The van der Waals surface area contributed by atoms with Crippen LogP contribution in [0.3, 0.4) is 0 Å². The van der Waals surface area contributed by atoms with Crippen molar-refractivity contribution in [2.24, 2.45) is 0 Å². The highest BCUT2D eigenvalue weighted by Crippen LogP contribution is 2.30. The zero-order valence-electron chi connectivity index (χ0n) is 11.3. The van der Waals surface area contributed by atoms with Crippen LogP contribution >= 0.6 is 0 Å². The number of benzene rings is 2. The van der Waals surface area contributed by atoms with Crippen molar-refractivity contribution in [3.8, 4) is 5.75 Å². The molecule has 1 atom stereocenters. The van der Waals surface area contributed by atoms with Crippen molar-refractivity contribution < 1.29 is 9.13 Å². The van der Waals surface area contributed by atoms with E-state index in [1.807, 2.05) is 28.9 Å². The van der Waals surface area contributed by atoms with Crippen molar-refractivity contribution in [2.75, 3.05) is 5.73 Å². The molecule has 1 aliphatic heterocycles. The minimum absolute atomic E-state index is 0.0514. The summed E-state index contributed by atoms with van der Waals surface area (Å²) in [5, 5.41) is 5.32. The molecule has 0 saturated heterocycles. The highest BCUT2D eigenvalue weighted by atomic mass is 19.1. The summed E-state index contributed by atoms with van der Waals surface area (Å²) in [5.74, 6) is 1.05. The van der Waals surface area contributed by atoms with Gasteiger partial charge in [-0.3, -0.25) is 4.68 Å². The smallest absolute Gasteiger partial charge is 0.153 e. The number of ether oxygens (including phenoxy) is 1. The van der Waals surface area contributed by atoms with E-state index in [2.05, 4.69) is 5.10 Å². The van der Waals surface area contributed by atoms with E-state index in [1.165, 1.54) is 12.1 Å². The Labute approximate surface area is 120 Å². The standard InChI is InChI=1S/C16H14FN3O/c17-11-5-6-15-10(7-11)8-12(21-15)9-20-14-4-2-1-3-13(14)16(18)19-20/h1-7,12H,8-9H2,(H2,18,19). The van der Waals surface area contributed by atoms with Gasteiger partial charge in [-0.05, 0) is 30.3 Å². The molecular formula is C16H14FN3O. The number of fused-ring (bicyclic) bond motifs is 2. The van der Waals surface area contributed by atoms with Crippen molar-refractivity contribution in [1.82, 2.24) is 9.78 Å². The summed E-state index contributed by atoms with van der Waals surface area (Å²) < 4.78 is 21.0. The number of hydrogen-bond acceptors (Lipinski definition) is 3. The Morgan fingerprint density at radius 3 is 3.05 bits per heavy atom. The van der Waals surface area contributed by atoms with Gasteiger partial charge in [0.2, 0.25) is 0 Å². The van der Waals surface area contributed by atoms with Crippen molar-refractivity contribution in [2.45, 2.75) is 19.1 Å². The van der Waals surface area contributed by atoms with Crippen molar-refractivity contribution >= 4 is 16.7 Å². The molecule has 1 unspecified atom stereocenters. The third kappa shape index (κ3) is 2.01. The molecule has 2 N–H and O–H groups in total. The number of aromatic nitrogens is 2. The maximum absolute atomic E-state index is 13.2. The maximum Gasteiger partial charge on any atom is 0.153 e. The minimum Gasteiger partial charge on any atom is -0.488 e. The highest BCUT2D eigenvalue weighted by molar-refractivity contribution is 5.88. The van der Waals surface area contributed by atoms with E-state index in [0.717, 1.165) is 22.2 Å². The Bertz CT molecular complexity index is 828. The monoisotopic (exact) mass is 283 g/mol. The molecule has 4 nitrogen and oxygen atoms in total. The largest absolute Gasteiger partial charge is 0.488 e. The molecular weight excluding hydrogens is 269 g/mol. The van der Waals surface area contributed by atoms with Gasteiger partial charge in [0, 0.05) is 17.4 Å². The fraction of sp³-hybridized carbons (Fsp3) is 0.188. The number of nitrogens with two attached hydrogens (primary N) is 1. The average Bonchev–Trinajstić information content (AvgIpc) is 3.01.